The van der Waals surface area contributed by atoms with Gasteiger partial charge in [0.05, 0.1) is 18.3 Å². The highest BCUT2D eigenvalue weighted by atomic mass is 19.1. The van der Waals surface area contributed by atoms with Crippen molar-refractivity contribution in [3.8, 4) is 5.75 Å². The highest BCUT2D eigenvalue weighted by molar-refractivity contribution is 5.79. The number of halogens is 3. The molecule has 3 aromatic rings. The average Bonchev–Trinajstić information content (AvgIpc) is 3.21. The molecule has 2 heterocycles. The Morgan fingerprint density at radius 1 is 1.11 bits per heavy atom. The number of pyridine rings is 1. The summed E-state index contributed by atoms with van der Waals surface area (Å²) in [6, 6.07) is 12.9. The molecule has 0 saturated carbocycles. The molecule has 2 aliphatic rings. The van der Waals surface area contributed by atoms with Crippen molar-refractivity contribution in [3.05, 3.63) is 99.9 Å². The van der Waals surface area contributed by atoms with Gasteiger partial charge in [0, 0.05) is 36.5 Å². The average molecular weight is 509 g/mol. The first kappa shape index (κ1) is 25.5. The van der Waals surface area contributed by atoms with Gasteiger partial charge >= 0.3 is 0 Å². The summed E-state index contributed by atoms with van der Waals surface area (Å²) in [5.74, 6) is -1.41. The molecule has 1 N–H and O–H groups in total. The largest absolute Gasteiger partial charge is 0.487 e. The second-order valence-electron chi connectivity index (χ2n) is 10.6. The monoisotopic (exact) mass is 508 g/mol. The molecule has 1 aliphatic heterocycles. The fraction of sp³-hybridized carbons (Fsp3) is 0.367. The van der Waals surface area contributed by atoms with Gasteiger partial charge in [0.15, 0.2) is 0 Å². The van der Waals surface area contributed by atoms with Crippen molar-refractivity contribution in [3.63, 3.8) is 0 Å². The number of hydrogen-bond donors (Lipinski definition) is 1. The van der Waals surface area contributed by atoms with E-state index in [2.05, 4.69) is 11.1 Å². The minimum absolute atomic E-state index is 0.000689. The molecule has 0 fully saturated rings. The summed E-state index contributed by atoms with van der Waals surface area (Å²) >= 11 is 0. The lowest BCUT2D eigenvalue weighted by molar-refractivity contribution is 0.0676. The number of aromatic nitrogens is 1. The van der Waals surface area contributed by atoms with Gasteiger partial charge in [0.25, 0.3) is 0 Å². The number of fused-ring (bicyclic) bond motifs is 2. The first-order chi connectivity index (χ1) is 17.6. The van der Waals surface area contributed by atoms with Crippen molar-refractivity contribution >= 4 is 5.57 Å². The van der Waals surface area contributed by atoms with Gasteiger partial charge in [-0.15, -0.1) is 0 Å². The zero-order valence-electron chi connectivity index (χ0n) is 21.3. The summed E-state index contributed by atoms with van der Waals surface area (Å²) in [5.41, 5.74) is 3.87. The van der Waals surface area contributed by atoms with Gasteiger partial charge in [-0.3, -0.25) is 9.88 Å². The Hall–Kier alpha value is -3.16. The Bertz CT molecular complexity index is 1330. The molecular formula is C30H31F3N2O2. The quantitative estimate of drug-likeness (QED) is 0.406. The molecule has 37 heavy (non-hydrogen) atoms. The fourth-order valence-electron chi connectivity index (χ4n) is 5.61. The van der Waals surface area contributed by atoms with Gasteiger partial charge in [-0.25, -0.2) is 13.2 Å². The van der Waals surface area contributed by atoms with Crippen LogP contribution in [0.2, 0.25) is 0 Å². The van der Waals surface area contributed by atoms with Gasteiger partial charge in [0.2, 0.25) is 0 Å². The van der Waals surface area contributed by atoms with Crippen molar-refractivity contribution in [2.75, 3.05) is 6.54 Å². The van der Waals surface area contributed by atoms with E-state index in [1.807, 2.05) is 30.0 Å². The van der Waals surface area contributed by atoms with Crippen molar-refractivity contribution in [1.82, 2.24) is 9.88 Å². The van der Waals surface area contributed by atoms with Crippen molar-refractivity contribution in [1.29, 1.82) is 0 Å². The zero-order valence-corrected chi connectivity index (χ0v) is 21.3. The Morgan fingerprint density at radius 3 is 2.54 bits per heavy atom. The Kier molecular flexibility index (Phi) is 6.86. The number of benzene rings is 2. The number of alkyl halides is 1. The molecule has 2 aromatic carbocycles. The van der Waals surface area contributed by atoms with Gasteiger partial charge in [-0.05, 0) is 73.6 Å². The normalized spacial score (nSPS) is 19.6. The maximum Gasteiger partial charge on any atom is 0.134 e. The van der Waals surface area contributed by atoms with E-state index in [0.717, 1.165) is 22.3 Å². The Balaban J connectivity index is 1.51. The maximum absolute atomic E-state index is 15.7. The summed E-state index contributed by atoms with van der Waals surface area (Å²) < 4.78 is 52.1. The molecule has 0 saturated heterocycles. The van der Waals surface area contributed by atoms with E-state index in [1.165, 1.54) is 26.0 Å². The summed E-state index contributed by atoms with van der Waals surface area (Å²) in [4.78, 5) is 6.07. The molecule has 0 radical (unpaired) electrons. The molecule has 194 valence electrons. The van der Waals surface area contributed by atoms with Crippen molar-refractivity contribution in [2.24, 2.45) is 0 Å². The lowest BCUT2D eigenvalue weighted by Crippen LogP contribution is -2.47. The number of nitrogens with zero attached hydrogens (tertiary/aromatic N) is 2. The van der Waals surface area contributed by atoms with E-state index in [-0.39, 0.29) is 37.1 Å². The van der Waals surface area contributed by atoms with Gasteiger partial charge in [0.1, 0.15) is 29.7 Å². The van der Waals surface area contributed by atoms with E-state index in [1.54, 1.807) is 18.3 Å². The summed E-state index contributed by atoms with van der Waals surface area (Å²) in [6.07, 6.45) is 2.82. The van der Waals surface area contributed by atoms with Crippen molar-refractivity contribution in [2.45, 2.75) is 64.6 Å². The first-order valence-corrected chi connectivity index (χ1v) is 12.6. The van der Waals surface area contributed by atoms with Crippen LogP contribution in [0.3, 0.4) is 0 Å². The first-order valence-electron chi connectivity index (χ1n) is 12.6. The zero-order chi connectivity index (χ0) is 26.3. The van der Waals surface area contributed by atoms with Crippen LogP contribution in [-0.2, 0) is 19.6 Å². The number of hydrogen-bond acceptors (Lipinski definition) is 4. The van der Waals surface area contributed by atoms with Crippen LogP contribution in [0.25, 0.3) is 5.57 Å². The van der Waals surface area contributed by atoms with E-state index in [9.17, 15) is 9.50 Å². The van der Waals surface area contributed by atoms with Crippen LogP contribution in [0.15, 0.2) is 60.3 Å². The Morgan fingerprint density at radius 2 is 1.84 bits per heavy atom. The third kappa shape index (κ3) is 5.15. The number of ether oxygens (including phenoxy) is 1. The molecule has 0 bridgehead atoms. The van der Waals surface area contributed by atoms with E-state index >= 15 is 8.78 Å². The predicted octanol–water partition coefficient (Wildman–Crippen LogP) is 6.32. The molecule has 0 amide bonds. The SMILES string of the molecule is C[C@@H]1CC2=C(Cc3ccccc32)[C@@H](c2c(F)cc(OCc3cc(CO)ccn3)cc2F)N1CC(C)(C)F. The Labute approximate surface area is 215 Å². The lowest BCUT2D eigenvalue weighted by atomic mass is 9.84. The van der Waals surface area contributed by atoms with Crippen LogP contribution >= 0.6 is 0 Å². The van der Waals surface area contributed by atoms with Gasteiger partial charge < -0.3 is 9.84 Å². The third-order valence-electron chi connectivity index (χ3n) is 7.17. The van der Waals surface area contributed by atoms with Gasteiger partial charge in [-0.1, -0.05) is 24.3 Å². The summed E-state index contributed by atoms with van der Waals surface area (Å²) in [5, 5.41) is 9.31. The van der Waals surface area contributed by atoms with Crippen molar-refractivity contribution < 1.29 is 23.0 Å². The van der Waals surface area contributed by atoms with Crippen LogP contribution in [0, 0.1) is 11.6 Å². The molecule has 2 atom stereocenters. The van der Waals surface area contributed by atoms with E-state index < -0.39 is 23.3 Å². The standard InChI is InChI=1S/C30H31F3N2O2/c1-18-10-24-23-7-5-4-6-20(23)12-25(24)29(35(18)17-30(2,3)33)28-26(31)13-22(14-27(28)32)37-16-21-11-19(15-36)8-9-34-21/h4-9,11,13-14,18,29,36H,10,12,15-17H2,1-3H3/t18-,29+/m1/s1. The van der Waals surface area contributed by atoms with E-state index in [0.29, 0.717) is 24.1 Å². The molecule has 7 heteroatoms. The molecule has 5 rings (SSSR count). The van der Waals surface area contributed by atoms with E-state index in [4.69, 9.17) is 4.74 Å². The number of aliphatic hydroxyl groups excluding tert-OH is 1. The minimum atomic E-state index is -1.54. The second-order valence-corrected chi connectivity index (χ2v) is 10.6. The molecular weight excluding hydrogens is 477 g/mol. The molecule has 1 aromatic heterocycles. The molecule has 0 unspecified atom stereocenters. The van der Waals surface area contributed by atoms with Crippen LogP contribution in [0.1, 0.15) is 61.2 Å². The smallest absolute Gasteiger partial charge is 0.134 e. The number of rotatable bonds is 7. The maximum atomic E-state index is 15.7. The predicted molar refractivity (Wildman–Crippen MR) is 137 cm³/mol. The molecule has 4 nitrogen and oxygen atoms in total. The highest BCUT2D eigenvalue weighted by Crippen LogP contribution is 2.50. The van der Waals surface area contributed by atoms with Crippen LogP contribution in [-0.4, -0.2) is 33.2 Å². The van der Waals surface area contributed by atoms with Crippen LogP contribution in [0.5, 0.6) is 5.75 Å². The fourth-order valence-corrected chi connectivity index (χ4v) is 5.61. The summed E-state index contributed by atoms with van der Waals surface area (Å²) in [7, 11) is 0. The highest BCUT2D eigenvalue weighted by Gasteiger charge is 2.42. The summed E-state index contributed by atoms with van der Waals surface area (Å²) in [6.45, 7) is 4.89. The molecule has 1 aliphatic carbocycles. The topological polar surface area (TPSA) is 45.6 Å². The number of aliphatic hydroxyl groups is 1. The minimum Gasteiger partial charge on any atom is -0.487 e. The van der Waals surface area contributed by atoms with Gasteiger partial charge in [-0.2, -0.15) is 0 Å². The second kappa shape index (κ2) is 9.95. The van der Waals surface area contributed by atoms with Crippen LogP contribution < -0.4 is 4.74 Å². The molecule has 0 spiro atoms. The third-order valence-corrected chi connectivity index (χ3v) is 7.17. The lowest BCUT2D eigenvalue weighted by Gasteiger charge is -2.44. The van der Waals surface area contributed by atoms with Crippen LogP contribution in [0.4, 0.5) is 13.2 Å².